The Labute approximate surface area is 43.3 Å². The zero-order valence-electron chi connectivity index (χ0n) is 2.67. The molecule has 0 N–H and O–H groups in total. The van der Waals surface area contributed by atoms with Gasteiger partial charge in [-0.3, -0.25) is 0 Å². The van der Waals surface area contributed by atoms with Crippen LogP contribution in [0.4, 0.5) is 0 Å². The molecule has 1 nitrogen and oxygen atoms in total. The molecule has 4 heteroatoms. The highest BCUT2D eigenvalue weighted by Crippen LogP contribution is 1.83. The predicted molar refractivity (Wildman–Crippen MR) is 30.7 cm³/mol. The van der Waals surface area contributed by atoms with Crippen LogP contribution in [0.1, 0.15) is 0 Å². The first-order chi connectivity index (χ1) is 2.27. The van der Waals surface area contributed by atoms with Crippen molar-refractivity contribution in [3.8, 4) is 0 Å². The summed E-state index contributed by atoms with van der Waals surface area (Å²) in [6.45, 7) is 0. The molecule has 5 heavy (non-hydrogen) atoms. The number of hydrogen-bond donors (Lipinski definition) is 1. The molecule has 0 spiro atoms. The lowest BCUT2D eigenvalue weighted by Crippen LogP contribution is -1.72. The third-order valence-corrected chi connectivity index (χ3v) is 1.28. The maximum atomic E-state index is 4.46. The van der Waals surface area contributed by atoms with Gasteiger partial charge in [0.15, 0.2) is 0 Å². The van der Waals surface area contributed by atoms with Crippen LogP contribution in [0.2, 0.25) is 0 Å². The van der Waals surface area contributed by atoms with Gasteiger partial charge in [0.25, 0.3) is 0 Å². The van der Waals surface area contributed by atoms with Gasteiger partial charge in [0.05, 0.1) is 15.9 Å². The first-order valence-electron chi connectivity index (χ1n) is 0.924. The number of hydrogen-bond acceptors (Lipinski definition) is 2. The highest BCUT2D eigenvalue weighted by atomic mass is 33.3. The second kappa shape index (κ2) is 3.08. The molecular formula is CH4OS3. The van der Waals surface area contributed by atoms with E-state index in [1.54, 1.807) is 0 Å². The molecule has 0 aromatic heterocycles. The molecule has 0 fully saturated rings. The standard InChI is InChI=1S/CH4OS3/c1-2-5(3)4/h1H3,(H,3,4). The second-order valence-corrected chi connectivity index (χ2v) is 3.80. The Hall–Kier alpha value is 0.880. The highest BCUT2D eigenvalue weighted by molar-refractivity contribution is 8.74. The third kappa shape index (κ3) is 4.88. The zero-order valence-corrected chi connectivity index (χ0v) is 5.20. The molecule has 1 atom stereocenters. The fraction of sp³-hybridized carbons (Fsp3) is 1.00. The Kier molecular flexibility index (Phi) is 3.63. The van der Waals surface area contributed by atoms with Crippen molar-refractivity contribution in [2.75, 3.05) is 7.11 Å². The third-order valence-electron chi connectivity index (χ3n) is 0.143. The molecule has 0 aliphatic carbocycles. The van der Waals surface area contributed by atoms with Gasteiger partial charge < -0.3 is 4.18 Å². The molecule has 0 aromatic rings. The van der Waals surface area contributed by atoms with Gasteiger partial charge in [0, 0.05) is 0 Å². The van der Waals surface area contributed by atoms with Crippen LogP contribution >= 0.6 is 11.7 Å². The Morgan fingerprint density at radius 2 is 2.20 bits per heavy atom. The van der Waals surface area contributed by atoms with Gasteiger partial charge in [-0.2, -0.15) is 0 Å². The average Bonchev–Trinajstić information content (AvgIpc) is 1.38. The topological polar surface area (TPSA) is 9.23 Å². The number of rotatable bonds is 1. The van der Waals surface area contributed by atoms with Crippen LogP contribution < -0.4 is 0 Å². The van der Waals surface area contributed by atoms with Crippen molar-refractivity contribution < 1.29 is 4.18 Å². The summed E-state index contributed by atoms with van der Waals surface area (Å²) < 4.78 is 4.46. The minimum absolute atomic E-state index is 0.545. The van der Waals surface area contributed by atoms with Crippen molar-refractivity contribution in [1.82, 2.24) is 0 Å². The van der Waals surface area contributed by atoms with Crippen molar-refractivity contribution in [2.45, 2.75) is 0 Å². The van der Waals surface area contributed by atoms with Crippen LogP contribution in [0.3, 0.4) is 0 Å². The molecule has 0 aliphatic rings. The molecule has 0 rings (SSSR count). The van der Waals surface area contributed by atoms with Gasteiger partial charge >= 0.3 is 0 Å². The number of thiol groups is 1. The lowest BCUT2D eigenvalue weighted by molar-refractivity contribution is 0.493. The van der Waals surface area contributed by atoms with Gasteiger partial charge in [-0.05, 0) is 11.2 Å². The first-order valence-corrected chi connectivity index (χ1v) is 4.05. The van der Waals surface area contributed by atoms with E-state index in [1.807, 2.05) is 0 Å². The van der Waals surface area contributed by atoms with E-state index in [1.165, 1.54) is 7.11 Å². The van der Waals surface area contributed by atoms with Crippen molar-refractivity contribution in [1.29, 1.82) is 0 Å². The molecule has 0 radical (unpaired) electrons. The largest absolute Gasteiger partial charge is 0.307 e. The zero-order chi connectivity index (χ0) is 4.28. The molecular weight excluding hydrogens is 124 g/mol. The van der Waals surface area contributed by atoms with E-state index >= 15 is 0 Å². The Morgan fingerprint density at radius 3 is 2.20 bits per heavy atom. The van der Waals surface area contributed by atoms with Gasteiger partial charge in [-0.25, -0.2) is 0 Å². The smallest absolute Gasteiger partial charge is 0.0648 e. The Balaban J connectivity index is 2.85. The van der Waals surface area contributed by atoms with Gasteiger partial charge in [0.1, 0.15) is 0 Å². The lowest BCUT2D eigenvalue weighted by atomic mass is 11.8. The summed E-state index contributed by atoms with van der Waals surface area (Å²) in [5.74, 6) is 0. The van der Waals surface area contributed by atoms with E-state index in [0.717, 1.165) is 0 Å². The maximum Gasteiger partial charge on any atom is 0.0648 e. The van der Waals surface area contributed by atoms with E-state index < -0.39 is 8.77 Å². The molecule has 32 valence electrons. The summed E-state index contributed by atoms with van der Waals surface area (Å²) in [6.07, 6.45) is 0. The van der Waals surface area contributed by atoms with Crippen molar-refractivity contribution in [3.05, 3.63) is 0 Å². The molecule has 0 heterocycles. The van der Waals surface area contributed by atoms with Crippen molar-refractivity contribution >= 4 is 31.6 Å². The summed E-state index contributed by atoms with van der Waals surface area (Å²) in [7, 11) is 0.986. The van der Waals surface area contributed by atoms with Crippen LogP contribution in [-0.4, -0.2) is 7.11 Å². The van der Waals surface area contributed by atoms with E-state index in [0.29, 0.717) is 0 Å². The molecule has 1 unspecified atom stereocenters. The van der Waals surface area contributed by atoms with E-state index in [9.17, 15) is 0 Å². The minimum atomic E-state index is -0.545. The van der Waals surface area contributed by atoms with E-state index in [4.69, 9.17) is 0 Å². The fourth-order valence-electron chi connectivity index (χ4n) is 0. The normalized spacial score (nSPS) is 14.8. The summed E-state index contributed by atoms with van der Waals surface area (Å²) in [6, 6.07) is 0. The summed E-state index contributed by atoms with van der Waals surface area (Å²) in [5, 5.41) is 0. The Bertz CT molecular complexity index is 42.2. The van der Waals surface area contributed by atoms with E-state index in [-0.39, 0.29) is 0 Å². The molecule has 0 saturated carbocycles. The molecule has 0 bridgehead atoms. The minimum Gasteiger partial charge on any atom is -0.307 e. The van der Waals surface area contributed by atoms with Crippen LogP contribution in [-0.2, 0) is 24.1 Å². The SMILES string of the molecule is COS(=S)S. The summed E-state index contributed by atoms with van der Waals surface area (Å²) >= 11 is 8.17. The van der Waals surface area contributed by atoms with Crippen LogP contribution in [0.5, 0.6) is 0 Å². The van der Waals surface area contributed by atoms with Crippen molar-refractivity contribution in [3.63, 3.8) is 0 Å². The fourth-order valence-corrected chi connectivity index (χ4v) is 0. The van der Waals surface area contributed by atoms with Gasteiger partial charge in [-0.1, -0.05) is 11.7 Å². The van der Waals surface area contributed by atoms with Gasteiger partial charge in [-0.15, -0.1) is 0 Å². The molecule has 0 amide bonds. The summed E-state index contributed by atoms with van der Waals surface area (Å²) in [4.78, 5) is 0. The second-order valence-electron chi connectivity index (χ2n) is 0.384. The summed E-state index contributed by atoms with van der Waals surface area (Å²) in [5.41, 5.74) is 0. The lowest BCUT2D eigenvalue weighted by Gasteiger charge is -1.81. The molecule has 0 saturated heterocycles. The van der Waals surface area contributed by atoms with Crippen LogP contribution in [0.25, 0.3) is 0 Å². The monoisotopic (exact) mass is 128 g/mol. The maximum absolute atomic E-state index is 4.46. The van der Waals surface area contributed by atoms with E-state index in [2.05, 4.69) is 27.0 Å². The average molecular weight is 128 g/mol. The quantitative estimate of drug-likeness (QED) is 0.406. The molecule has 0 aromatic carbocycles. The highest BCUT2D eigenvalue weighted by Gasteiger charge is 1.67. The van der Waals surface area contributed by atoms with Crippen molar-refractivity contribution in [2.24, 2.45) is 0 Å². The van der Waals surface area contributed by atoms with Gasteiger partial charge in [0.2, 0.25) is 0 Å². The van der Waals surface area contributed by atoms with Crippen LogP contribution in [0.15, 0.2) is 0 Å². The first kappa shape index (κ1) is 5.88. The van der Waals surface area contributed by atoms with Crippen LogP contribution in [0, 0.1) is 0 Å². The Morgan fingerprint density at radius 1 is 2.00 bits per heavy atom. The molecule has 0 aliphatic heterocycles. The predicted octanol–water partition coefficient (Wildman–Crippen LogP) is 0.473.